The highest BCUT2D eigenvalue weighted by Crippen LogP contribution is 2.36. The van der Waals surface area contributed by atoms with Gasteiger partial charge in [0, 0.05) is 6.20 Å². The number of rotatable bonds is 3. The van der Waals surface area contributed by atoms with E-state index in [4.69, 9.17) is 5.14 Å². The van der Waals surface area contributed by atoms with Gasteiger partial charge in [-0.2, -0.15) is 0 Å². The Hall–Kier alpha value is -0.800. The fourth-order valence-corrected chi connectivity index (χ4v) is 2.82. The Morgan fingerprint density at radius 1 is 1.56 bits per heavy atom. The molecule has 0 aliphatic rings. The molecule has 0 fully saturated rings. The normalized spacial score (nSPS) is 11.9. The van der Waals surface area contributed by atoms with E-state index in [2.05, 4.69) is 25.7 Å². The van der Waals surface area contributed by atoms with Crippen molar-refractivity contribution in [1.29, 1.82) is 0 Å². The van der Waals surface area contributed by atoms with Crippen LogP contribution in [0.1, 0.15) is 12.1 Å². The van der Waals surface area contributed by atoms with Crippen molar-refractivity contribution < 1.29 is 21.9 Å². The van der Waals surface area contributed by atoms with Gasteiger partial charge in [0.15, 0.2) is 5.75 Å². The van der Waals surface area contributed by atoms with Crippen molar-refractivity contribution >= 4 is 26.0 Å². The molecule has 0 aliphatic heterocycles. The number of methoxy groups -OCH3 is 1. The van der Waals surface area contributed by atoms with Gasteiger partial charge in [0.25, 0.3) is 6.43 Å². The summed E-state index contributed by atoms with van der Waals surface area (Å²) in [5.74, 6) is -0.549. The maximum absolute atomic E-state index is 12.5. The Kier molecular flexibility index (Phi) is 3.81. The summed E-state index contributed by atoms with van der Waals surface area (Å²) in [4.78, 5) is 2.84. The van der Waals surface area contributed by atoms with Gasteiger partial charge in [0.1, 0.15) is 10.6 Å². The highest BCUT2D eigenvalue weighted by atomic mass is 79.9. The second-order valence-electron chi connectivity index (χ2n) is 2.70. The minimum atomic E-state index is -4.18. The molecule has 9 heteroatoms. The van der Waals surface area contributed by atoms with Gasteiger partial charge in [-0.3, -0.25) is 4.98 Å². The molecule has 0 amide bonds. The fourth-order valence-electron chi connectivity index (χ4n) is 1.09. The standard InChI is InChI=1S/C7H7BrF2N2O3S/c1-15-5-4(7(9)10)12-2-3(8)6(5)16(11,13)14/h2,7H,1H3,(H2,11,13,14). The van der Waals surface area contributed by atoms with Crippen molar-refractivity contribution in [2.45, 2.75) is 11.3 Å². The van der Waals surface area contributed by atoms with Gasteiger partial charge in [0.2, 0.25) is 10.0 Å². The fraction of sp³-hybridized carbons (Fsp3) is 0.286. The molecular weight excluding hydrogens is 310 g/mol. The van der Waals surface area contributed by atoms with Crippen molar-refractivity contribution in [2.75, 3.05) is 7.11 Å². The molecule has 0 unspecified atom stereocenters. The summed E-state index contributed by atoms with van der Waals surface area (Å²) in [5.41, 5.74) is -0.769. The maximum atomic E-state index is 12.5. The molecule has 90 valence electrons. The average molecular weight is 317 g/mol. The molecule has 0 atom stereocenters. The summed E-state index contributed by atoms with van der Waals surface area (Å²) in [7, 11) is -3.12. The van der Waals surface area contributed by atoms with E-state index >= 15 is 0 Å². The summed E-state index contributed by atoms with van der Waals surface area (Å²) < 4.78 is 52.0. The van der Waals surface area contributed by atoms with Crippen LogP contribution in [0.2, 0.25) is 0 Å². The summed E-state index contributed by atoms with van der Waals surface area (Å²) in [5, 5.41) is 4.89. The molecule has 0 saturated carbocycles. The second kappa shape index (κ2) is 4.60. The smallest absolute Gasteiger partial charge is 0.284 e. The van der Waals surface area contributed by atoms with Crippen molar-refractivity contribution in [1.82, 2.24) is 4.98 Å². The molecule has 0 spiro atoms. The van der Waals surface area contributed by atoms with Crippen LogP contribution in [0.25, 0.3) is 0 Å². The number of sulfonamides is 1. The van der Waals surface area contributed by atoms with Gasteiger partial charge in [-0.05, 0) is 15.9 Å². The van der Waals surface area contributed by atoms with Gasteiger partial charge in [-0.15, -0.1) is 0 Å². The lowest BCUT2D eigenvalue weighted by atomic mass is 10.3. The number of aromatic nitrogens is 1. The maximum Gasteiger partial charge on any atom is 0.284 e. The number of hydrogen-bond acceptors (Lipinski definition) is 4. The van der Waals surface area contributed by atoms with Crippen molar-refractivity contribution in [3.8, 4) is 5.75 Å². The first-order valence-corrected chi connectivity index (χ1v) is 6.16. The zero-order chi connectivity index (χ0) is 12.5. The van der Waals surface area contributed by atoms with Crippen LogP contribution in [-0.2, 0) is 10.0 Å². The minimum absolute atomic E-state index is 0.0312. The van der Waals surface area contributed by atoms with E-state index in [0.717, 1.165) is 13.3 Å². The van der Waals surface area contributed by atoms with E-state index in [1.807, 2.05) is 0 Å². The van der Waals surface area contributed by atoms with E-state index < -0.39 is 32.8 Å². The topological polar surface area (TPSA) is 82.3 Å². The third kappa shape index (κ3) is 2.47. The highest BCUT2D eigenvalue weighted by Gasteiger charge is 2.27. The van der Waals surface area contributed by atoms with Crippen LogP contribution in [0.5, 0.6) is 5.75 Å². The Balaban J connectivity index is 3.64. The molecule has 0 radical (unpaired) electrons. The van der Waals surface area contributed by atoms with Crippen LogP contribution in [0.4, 0.5) is 8.78 Å². The van der Waals surface area contributed by atoms with Crippen LogP contribution < -0.4 is 9.88 Å². The highest BCUT2D eigenvalue weighted by molar-refractivity contribution is 9.10. The molecule has 0 aromatic carbocycles. The molecule has 0 bridgehead atoms. The number of nitrogens with two attached hydrogens (primary N) is 1. The first kappa shape index (κ1) is 13.3. The Morgan fingerprint density at radius 3 is 2.50 bits per heavy atom. The van der Waals surface area contributed by atoms with Crippen molar-refractivity contribution in [2.24, 2.45) is 5.14 Å². The van der Waals surface area contributed by atoms with Crippen LogP contribution in [0.3, 0.4) is 0 Å². The van der Waals surface area contributed by atoms with E-state index in [-0.39, 0.29) is 4.47 Å². The first-order chi connectivity index (χ1) is 7.29. The van der Waals surface area contributed by atoms with Crippen molar-refractivity contribution in [3.63, 3.8) is 0 Å². The predicted molar refractivity (Wildman–Crippen MR) is 54.8 cm³/mol. The number of hydrogen-bond donors (Lipinski definition) is 1. The average Bonchev–Trinajstić information content (AvgIpc) is 2.14. The Morgan fingerprint density at radius 2 is 2.12 bits per heavy atom. The van der Waals surface area contributed by atoms with Gasteiger partial charge in [-0.25, -0.2) is 22.3 Å². The van der Waals surface area contributed by atoms with E-state index in [9.17, 15) is 17.2 Å². The van der Waals surface area contributed by atoms with Crippen LogP contribution >= 0.6 is 15.9 Å². The molecule has 0 aliphatic carbocycles. The molecule has 1 aromatic rings. The monoisotopic (exact) mass is 316 g/mol. The molecule has 16 heavy (non-hydrogen) atoms. The van der Waals surface area contributed by atoms with Gasteiger partial charge >= 0.3 is 0 Å². The minimum Gasteiger partial charge on any atom is -0.493 e. The van der Waals surface area contributed by atoms with E-state index in [1.54, 1.807) is 0 Å². The molecule has 1 heterocycles. The third-order valence-electron chi connectivity index (χ3n) is 1.67. The summed E-state index contributed by atoms with van der Waals surface area (Å²) >= 11 is 2.86. The lowest BCUT2D eigenvalue weighted by Crippen LogP contribution is -2.16. The lowest BCUT2D eigenvalue weighted by Gasteiger charge is -2.12. The predicted octanol–water partition coefficient (Wildman–Crippen LogP) is 1.44. The van der Waals surface area contributed by atoms with Gasteiger partial charge in [-0.1, -0.05) is 0 Å². The van der Waals surface area contributed by atoms with Gasteiger partial charge < -0.3 is 4.74 Å². The summed E-state index contributed by atoms with van der Waals surface area (Å²) in [6.07, 6.45) is -2.02. The Bertz CT molecular complexity index is 507. The van der Waals surface area contributed by atoms with Crippen LogP contribution in [0.15, 0.2) is 15.6 Å². The first-order valence-electron chi connectivity index (χ1n) is 3.82. The second-order valence-corrected chi connectivity index (χ2v) is 5.05. The molecular formula is C7H7BrF2N2O3S. The molecule has 1 aromatic heterocycles. The third-order valence-corrected chi connectivity index (χ3v) is 3.51. The van der Waals surface area contributed by atoms with Crippen molar-refractivity contribution in [3.05, 3.63) is 16.4 Å². The zero-order valence-electron chi connectivity index (χ0n) is 7.95. The van der Waals surface area contributed by atoms with E-state index in [1.165, 1.54) is 0 Å². The summed E-state index contributed by atoms with van der Waals surface area (Å²) in [6.45, 7) is 0. The van der Waals surface area contributed by atoms with Crippen LogP contribution in [-0.4, -0.2) is 20.5 Å². The van der Waals surface area contributed by atoms with E-state index in [0.29, 0.717) is 0 Å². The Labute approximate surface area is 98.8 Å². The number of ether oxygens (including phenoxy) is 1. The SMILES string of the molecule is COc1c(C(F)F)ncc(Br)c1S(N)(=O)=O. The zero-order valence-corrected chi connectivity index (χ0v) is 10.3. The molecule has 1 rings (SSSR count). The molecule has 2 N–H and O–H groups in total. The number of primary sulfonamides is 1. The largest absolute Gasteiger partial charge is 0.493 e. The quantitative estimate of drug-likeness (QED) is 0.914. The lowest BCUT2D eigenvalue weighted by molar-refractivity contribution is 0.140. The number of halogens is 3. The molecule has 5 nitrogen and oxygen atoms in total. The number of pyridine rings is 1. The van der Waals surface area contributed by atoms with Crippen LogP contribution in [0, 0.1) is 0 Å². The van der Waals surface area contributed by atoms with Gasteiger partial charge in [0.05, 0.1) is 11.6 Å². The number of alkyl halides is 2. The summed E-state index contributed by atoms with van der Waals surface area (Å²) in [6, 6.07) is 0. The molecule has 0 saturated heterocycles. The number of nitrogens with zero attached hydrogens (tertiary/aromatic N) is 1.